The molecule has 1 aromatic rings. The maximum atomic E-state index is 13.6. The van der Waals surface area contributed by atoms with E-state index in [0.29, 0.717) is 11.6 Å². The first-order chi connectivity index (χ1) is 12.0. The van der Waals surface area contributed by atoms with Crippen LogP contribution >= 0.6 is 0 Å². The summed E-state index contributed by atoms with van der Waals surface area (Å²) in [5.41, 5.74) is 1.67. The molecule has 6 heteroatoms. The Morgan fingerprint density at radius 1 is 1.20 bits per heavy atom. The van der Waals surface area contributed by atoms with Crippen molar-refractivity contribution in [1.29, 1.82) is 0 Å². The summed E-state index contributed by atoms with van der Waals surface area (Å²) in [6, 6.07) is 7.72. The number of anilines is 1. The van der Waals surface area contributed by atoms with Gasteiger partial charge in [-0.1, -0.05) is 0 Å². The Hall–Kier alpha value is -1.66. The lowest BCUT2D eigenvalue weighted by molar-refractivity contribution is 0.0673. The minimum atomic E-state index is -1.04. The number of alkyl halides is 1. The second-order valence-corrected chi connectivity index (χ2v) is 7.29. The minimum absolute atomic E-state index is 0.0724. The average Bonchev–Trinajstić information content (AvgIpc) is 3.02. The van der Waals surface area contributed by atoms with Crippen molar-refractivity contribution in [2.45, 2.75) is 38.5 Å². The predicted octanol–water partition coefficient (Wildman–Crippen LogP) is 1.76. The van der Waals surface area contributed by atoms with Crippen LogP contribution in [0.2, 0.25) is 0 Å². The molecule has 25 heavy (non-hydrogen) atoms. The quantitative estimate of drug-likeness (QED) is 0.900. The Morgan fingerprint density at radius 3 is 2.40 bits per heavy atom. The third-order valence-electron chi connectivity index (χ3n) is 5.36. The van der Waals surface area contributed by atoms with Gasteiger partial charge < -0.3 is 14.9 Å². The van der Waals surface area contributed by atoms with E-state index < -0.39 is 12.2 Å². The second-order valence-electron chi connectivity index (χ2n) is 7.29. The molecule has 1 N–H and O–H groups in total. The Labute approximate surface area is 149 Å². The maximum Gasteiger partial charge on any atom is 0.254 e. The van der Waals surface area contributed by atoms with Gasteiger partial charge in [0.25, 0.3) is 5.91 Å². The number of rotatable bonds is 4. The molecule has 2 aliphatic heterocycles. The molecule has 0 unspecified atom stereocenters. The number of amides is 1. The van der Waals surface area contributed by atoms with E-state index in [1.807, 2.05) is 24.3 Å². The molecule has 2 saturated heterocycles. The number of benzene rings is 1. The van der Waals surface area contributed by atoms with Gasteiger partial charge >= 0.3 is 0 Å². The fourth-order valence-electron chi connectivity index (χ4n) is 3.76. The number of aliphatic hydroxyl groups excluding tert-OH is 1. The molecule has 3 rings (SSSR count). The number of piperazine rings is 1. The monoisotopic (exact) mass is 349 g/mol. The van der Waals surface area contributed by atoms with Crippen molar-refractivity contribution in [1.82, 2.24) is 9.80 Å². The van der Waals surface area contributed by atoms with E-state index in [9.17, 15) is 14.3 Å². The van der Waals surface area contributed by atoms with Crippen LogP contribution in [0.25, 0.3) is 0 Å². The van der Waals surface area contributed by atoms with Crippen molar-refractivity contribution in [3.05, 3.63) is 29.8 Å². The summed E-state index contributed by atoms with van der Waals surface area (Å²) in [5.74, 6) is -0.199. The van der Waals surface area contributed by atoms with Crippen molar-refractivity contribution in [3.8, 4) is 0 Å². The van der Waals surface area contributed by atoms with Crippen LogP contribution in [0.15, 0.2) is 24.3 Å². The van der Waals surface area contributed by atoms with E-state index >= 15 is 0 Å². The number of halogens is 1. The van der Waals surface area contributed by atoms with Crippen molar-refractivity contribution >= 4 is 11.6 Å². The van der Waals surface area contributed by atoms with Gasteiger partial charge in [-0.2, -0.15) is 0 Å². The first-order valence-electron chi connectivity index (χ1n) is 9.14. The third-order valence-corrected chi connectivity index (χ3v) is 5.36. The van der Waals surface area contributed by atoms with Crippen molar-refractivity contribution in [2.24, 2.45) is 0 Å². The van der Waals surface area contributed by atoms with Crippen LogP contribution < -0.4 is 4.90 Å². The van der Waals surface area contributed by atoms with Crippen LogP contribution in [0.1, 0.15) is 30.6 Å². The van der Waals surface area contributed by atoms with E-state index in [1.165, 1.54) is 4.90 Å². The fraction of sp³-hybridized carbons (Fsp3) is 0.632. The molecule has 0 spiro atoms. The van der Waals surface area contributed by atoms with Gasteiger partial charge in [0.15, 0.2) is 0 Å². The SMILES string of the molecule is CC(C)N1CCN(c2ccc(C(=O)N3C[C@@H](F)C[C@H]3CO)cc2)CC1. The predicted molar refractivity (Wildman–Crippen MR) is 96.8 cm³/mol. The molecule has 5 nitrogen and oxygen atoms in total. The Morgan fingerprint density at radius 2 is 1.84 bits per heavy atom. The molecule has 1 aromatic carbocycles. The number of aliphatic hydroxyl groups is 1. The van der Waals surface area contributed by atoms with E-state index in [-0.39, 0.29) is 25.5 Å². The maximum absolute atomic E-state index is 13.6. The van der Waals surface area contributed by atoms with Gasteiger partial charge in [-0.25, -0.2) is 4.39 Å². The van der Waals surface area contributed by atoms with Crippen molar-refractivity contribution < 1.29 is 14.3 Å². The number of likely N-dealkylation sites (tertiary alicyclic amines) is 1. The standard InChI is InChI=1S/C19H28FN3O2/c1-14(2)21-7-9-22(10-8-21)17-5-3-15(4-6-17)19(25)23-12-16(20)11-18(23)13-24/h3-6,14,16,18,24H,7-13H2,1-2H3/t16-,18-/m0/s1. The fourth-order valence-corrected chi connectivity index (χ4v) is 3.76. The summed E-state index contributed by atoms with van der Waals surface area (Å²) < 4.78 is 13.6. The highest BCUT2D eigenvalue weighted by atomic mass is 19.1. The normalized spacial score (nSPS) is 25.0. The average molecular weight is 349 g/mol. The third kappa shape index (κ3) is 3.96. The van der Waals surface area contributed by atoms with Crippen LogP contribution in [0.5, 0.6) is 0 Å². The van der Waals surface area contributed by atoms with Gasteiger partial charge in [-0.05, 0) is 38.1 Å². The highest BCUT2D eigenvalue weighted by Crippen LogP contribution is 2.24. The van der Waals surface area contributed by atoms with Crippen LogP contribution in [0.4, 0.5) is 10.1 Å². The second kappa shape index (κ2) is 7.70. The molecule has 138 valence electrons. The largest absolute Gasteiger partial charge is 0.394 e. The number of hydrogen-bond acceptors (Lipinski definition) is 4. The minimum Gasteiger partial charge on any atom is -0.394 e. The van der Waals surface area contributed by atoms with E-state index in [2.05, 4.69) is 23.6 Å². The zero-order valence-electron chi connectivity index (χ0n) is 15.1. The van der Waals surface area contributed by atoms with Crippen LogP contribution in [0, 0.1) is 0 Å². The number of carbonyl (C=O) groups is 1. The molecule has 0 saturated carbocycles. The van der Waals surface area contributed by atoms with E-state index in [4.69, 9.17) is 0 Å². The highest BCUT2D eigenvalue weighted by molar-refractivity contribution is 5.95. The molecule has 2 heterocycles. The number of hydrogen-bond donors (Lipinski definition) is 1. The van der Waals surface area contributed by atoms with E-state index in [1.54, 1.807) is 0 Å². The van der Waals surface area contributed by atoms with Gasteiger partial charge in [0.1, 0.15) is 6.17 Å². The Balaban J connectivity index is 1.63. The summed E-state index contributed by atoms with van der Waals surface area (Å²) in [6.45, 7) is 8.37. The molecule has 0 aliphatic carbocycles. The molecule has 2 atom stereocenters. The van der Waals surface area contributed by atoms with Crippen molar-refractivity contribution in [3.63, 3.8) is 0 Å². The van der Waals surface area contributed by atoms with Gasteiger partial charge in [0.05, 0.1) is 19.2 Å². The molecular formula is C19H28FN3O2. The van der Waals surface area contributed by atoms with Crippen molar-refractivity contribution in [2.75, 3.05) is 44.2 Å². The zero-order chi connectivity index (χ0) is 18.0. The molecule has 0 bridgehead atoms. The first kappa shape index (κ1) is 18.1. The lowest BCUT2D eigenvalue weighted by Gasteiger charge is -2.38. The lowest BCUT2D eigenvalue weighted by Crippen LogP contribution is -2.48. The molecule has 0 aromatic heterocycles. The summed E-state index contributed by atoms with van der Waals surface area (Å²) in [7, 11) is 0. The molecular weight excluding hydrogens is 321 g/mol. The Bertz CT molecular complexity index is 585. The number of carbonyl (C=O) groups excluding carboxylic acids is 1. The summed E-state index contributed by atoms with van der Waals surface area (Å²) >= 11 is 0. The Kier molecular flexibility index (Phi) is 5.59. The van der Waals surface area contributed by atoms with Crippen LogP contribution in [-0.2, 0) is 0 Å². The smallest absolute Gasteiger partial charge is 0.254 e. The molecule has 1 amide bonds. The van der Waals surface area contributed by atoms with Crippen LogP contribution in [0.3, 0.4) is 0 Å². The summed E-state index contributed by atoms with van der Waals surface area (Å²) in [5, 5.41) is 9.35. The first-order valence-corrected chi connectivity index (χ1v) is 9.14. The lowest BCUT2D eigenvalue weighted by atomic mass is 10.1. The zero-order valence-corrected chi connectivity index (χ0v) is 15.1. The molecule has 0 radical (unpaired) electrons. The molecule has 2 fully saturated rings. The van der Waals surface area contributed by atoms with Gasteiger partial charge in [-0.15, -0.1) is 0 Å². The van der Waals surface area contributed by atoms with Crippen LogP contribution in [-0.4, -0.2) is 78.4 Å². The summed E-state index contributed by atoms with van der Waals surface area (Å²) in [6.07, 6.45) is -0.821. The highest BCUT2D eigenvalue weighted by Gasteiger charge is 2.35. The number of nitrogens with zero attached hydrogens (tertiary/aromatic N) is 3. The van der Waals surface area contributed by atoms with E-state index in [0.717, 1.165) is 31.9 Å². The summed E-state index contributed by atoms with van der Waals surface area (Å²) in [4.78, 5) is 18.8. The topological polar surface area (TPSA) is 47.0 Å². The van der Waals surface area contributed by atoms with Gasteiger partial charge in [-0.3, -0.25) is 9.69 Å². The van der Waals surface area contributed by atoms with Gasteiger partial charge in [0.2, 0.25) is 0 Å². The van der Waals surface area contributed by atoms with Gasteiger partial charge in [0, 0.05) is 49.9 Å². The molecule has 2 aliphatic rings.